The number of rotatable bonds is 6. The van der Waals surface area contributed by atoms with Crippen LogP contribution in [0, 0.1) is 0 Å². The van der Waals surface area contributed by atoms with Gasteiger partial charge in [0.05, 0.1) is 35.0 Å². The van der Waals surface area contributed by atoms with E-state index >= 15 is 0 Å². The van der Waals surface area contributed by atoms with E-state index in [0.29, 0.717) is 19.6 Å². The molecule has 26 heavy (non-hydrogen) atoms. The number of hydrogen-bond donors (Lipinski definition) is 2. The maximum atomic E-state index is 13.0. The topological polar surface area (TPSA) is 52.9 Å². The van der Waals surface area contributed by atoms with Crippen molar-refractivity contribution in [1.29, 1.82) is 0 Å². The maximum Gasteiger partial charge on any atom is 0.417 e. The second-order valence-corrected chi connectivity index (χ2v) is 7.47. The Morgan fingerprint density at radius 2 is 1.88 bits per heavy atom. The van der Waals surface area contributed by atoms with Gasteiger partial charge in [-0.15, -0.1) is 0 Å². The predicted molar refractivity (Wildman–Crippen MR) is 93.1 cm³/mol. The van der Waals surface area contributed by atoms with Gasteiger partial charge in [0.2, 0.25) is 0 Å². The second kappa shape index (κ2) is 8.44. The summed E-state index contributed by atoms with van der Waals surface area (Å²) in [6, 6.07) is 3.55. The lowest BCUT2D eigenvalue weighted by Gasteiger charge is -2.39. The molecule has 0 bridgehead atoms. The molecule has 1 aliphatic heterocycles. The molecule has 0 aliphatic carbocycles. The van der Waals surface area contributed by atoms with Crippen molar-refractivity contribution in [3.8, 4) is 0 Å². The van der Waals surface area contributed by atoms with Crippen LogP contribution in [0.4, 0.5) is 13.2 Å². The van der Waals surface area contributed by atoms with Crippen molar-refractivity contribution in [3.63, 3.8) is 0 Å². The van der Waals surface area contributed by atoms with Crippen LogP contribution in [0.25, 0.3) is 0 Å². The van der Waals surface area contributed by atoms with Crippen LogP contribution in [-0.4, -0.2) is 53.6 Å². The third kappa shape index (κ3) is 5.57. The molecule has 0 saturated carbocycles. The van der Waals surface area contributed by atoms with Gasteiger partial charge >= 0.3 is 6.18 Å². The van der Waals surface area contributed by atoms with E-state index in [-0.39, 0.29) is 36.1 Å². The Bertz CT molecular complexity index is 602. The summed E-state index contributed by atoms with van der Waals surface area (Å²) in [6.45, 7) is 5.34. The van der Waals surface area contributed by atoms with Crippen LogP contribution >= 0.6 is 11.6 Å². The van der Waals surface area contributed by atoms with Gasteiger partial charge in [0, 0.05) is 19.6 Å². The number of aliphatic hydroxyl groups excluding tert-OH is 1. The first kappa shape index (κ1) is 21.4. The van der Waals surface area contributed by atoms with Crippen LogP contribution in [0.2, 0.25) is 5.02 Å². The summed E-state index contributed by atoms with van der Waals surface area (Å²) >= 11 is 5.65. The van der Waals surface area contributed by atoms with Gasteiger partial charge in [0.25, 0.3) is 0 Å². The van der Waals surface area contributed by atoms with Gasteiger partial charge in [-0.25, -0.2) is 0 Å². The van der Waals surface area contributed by atoms with Crippen molar-refractivity contribution in [2.75, 3.05) is 26.2 Å². The van der Waals surface area contributed by atoms with E-state index in [1.54, 1.807) is 0 Å². The average Bonchev–Trinajstić information content (AvgIpc) is 2.54. The Labute approximate surface area is 156 Å². The van der Waals surface area contributed by atoms with Crippen LogP contribution in [0.15, 0.2) is 18.2 Å². The number of nitrogens with zero attached hydrogens (tertiary/aromatic N) is 1. The van der Waals surface area contributed by atoms with E-state index in [1.807, 2.05) is 18.7 Å². The monoisotopic (exact) mass is 395 g/mol. The fourth-order valence-electron chi connectivity index (χ4n) is 3.08. The molecular formula is C18H25ClF3NO3. The van der Waals surface area contributed by atoms with Gasteiger partial charge in [0.1, 0.15) is 0 Å². The SMILES string of the molecule is CC(C)OCC(O)CN1CCC(O)(c2ccc(Cl)c(C(F)(F)F)c2)CC1. The van der Waals surface area contributed by atoms with Gasteiger partial charge < -0.3 is 19.8 Å². The predicted octanol–water partition coefficient (Wildman–Crippen LogP) is 3.43. The third-order valence-corrected chi connectivity index (χ3v) is 4.91. The zero-order chi connectivity index (χ0) is 19.5. The quantitative estimate of drug-likeness (QED) is 0.775. The number of hydrogen-bond acceptors (Lipinski definition) is 4. The molecule has 1 unspecified atom stereocenters. The van der Waals surface area contributed by atoms with E-state index < -0.39 is 23.4 Å². The highest BCUT2D eigenvalue weighted by Crippen LogP contribution is 2.39. The first-order valence-corrected chi connectivity index (χ1v) is 9.01. The van der Waals surface area contributed by atoms with Gasteiger partial charge in [-0.3, -0.25) is 0 Å². The Morgan fingerprint density at radius 3 is 2.42 bits per heavy atom. The zero-order valence-corrected chi connectivity index (χ0v) is 15.6. The number of likely N-dealkylation sites (tertiary alicyclic amines) is 1. The zero-order valence-electron chi connectivity index (χ0n) is 14.9. The number of ether oxygens (including phenoxy) is 1. The number of aliphatic hydroxyl groups is 2. The van der Waals surface area contributed by atoms with E-state index in [2.05, 4.69) is 0 Å². The van der Waals surface area contributed by atoms with Crippen LogP contribution in [0.5, 0.6) is 0 Å². The van der Waals surface area contributed by atoms with Crippen molar-refractivity contribution < 1.29 is 28.1 Å². The van der Waals surface area contributed by atoms with E-state index in [0.717, 1.165) is 6.07 Å². The molecule has 1 heterocycles. The van der Waals surface area contributed by atoms with Gasteiger partial charge in [-0.05, 0) is 44.4 Å². The highest BCUT2D eigenvalue weighted by atomic mass is 35.5. The average molecular weight is 396 g/mol. The summed E-state index contributed by atoms with van der Waals surface area (Å²) in [5.74, 6) is 0. The van der Waals surface area contributed by atoms with E-state index in [9.17, 15) is 23.4 Å². The van der Waals surface area contributed by atoms with Crippen LogP contribution in [0.3, 0.4) is 0 Å². The normalized spacial score (nSPS) is 19.7. The summed E-state index contributed by atoms with van der Waals surface area (Å²) in [5.41, 5.74) is -2.05. The molecule has 1 fully saturated rings. The molecule has 0 radical (unpaired) electrons. The summed E-state index contributed by atoms with van der Waals surface area (Å²) in [7, 11) is 0. The molecule has 1 aromatic carbocycles. The smallest absolute Gasteiger partial charge is 0.389 e. The fourth-order valence-corrected chi connectivity index (χ4v) is 3.31. The maximum absolute atomic E-state index is 13.0. The highest BCUT2D eigenvalue weighted by Gasteiger charge is 2.38. The van der Waals surface area contributed by atoms with Crippen molar-refractivity contribution in [3.05, 3.63) is 34.3 Å². The first-order valence-electron chi connectivity index (χ1n) is 8.63. The standard InChI is InChI=1S/C18H25ClF3NO3/c1-12(2)26-11-14(24)10-23-7-5-17(25,6-8-23)13-3-4-16(19)15(9-13)18(20,21)22/h3-4,9,12,14,24-25H,5-8,10-11H2,1-2H3. The number of halogens is 4. The van der Waals surface area contributed by atoms with Crippen LogP contribution in [0.1, 0.15) is 37.8 Å². The minimum absolute atomic E-state index is 0.0313. The van der Waals surface area contributed by atoms with Crippen molar-refractivity contribution in [2.24, 2.45) is 0 Å². The number of benzene rings is 1. The minimum Gasteiger partial charge on any atom is -0.389 e. The summed E-state index contributed by atoms with van der Waals surface area (Å²) < 4.78 is 44.5. The molecule has 1 atom stereocenters. The Morgan fingerprint density at radius 1 is 1.27 bits per heavy atom. The third-order valence-electron chi connectivity index (χ3n) is 4.58. The van der Waals surface area contributed by atoms with Crippen molar-refractivity contribution in [1.82, 2.24) is 4.90 Å². The molecule has 1 saturated heterocycles. The molecule has 2 rings (SSSR count). The van der Waals surface area contributed by atoms with Gasteiger partial charge in [-0.1, -0.05) is 17.7 Å². The van der Waals surface area contributed by atoms with E-state index in [4.69, 9.17) is 16.3 Å². The van der Waals surface area contributed by atoms with Crippen LogP contribution in [-0.2, 0) is 16.5 Å². The highest BCUT2D eigenvalue weighted by molar-refractivity contribution is 6.31. The summed E-state index contributed by atoms with van der Waals surface area (Å²) in [6.07, 6.45) is -4.61. The molecular weight excluding hydrogens is 371 g/mol. The Balaban J connectivity index is 1.99. The molecule has 148 valence electrons. The minimum atomic E-state index is -4.56. The summed E-state index contributed by atoms with van der Waals surface area (Å²) in [4.78, 5) is 1.98. The number of alkyl halides is 3. The lowest BCUT2D eigenvalue weighted by molar-refractivity contribution is -0.137. The summed E-state index contributed by atoms with van der Waals surface area (Å²) in [5, 5.41) is 20.4. The first-order chi connectivity index (χ1) is 12.0. The number of piperidine rings is 1. The van der Waals surface area contributed by atoms with Gasteiger partial charge in [-0.2, -0.15) is 13.2 Å². The van der Waals surface area contributed by atoms with Gasteiger partial charge in [0.15, 0.2) is 0 Å². The van der Waals surface area contributed by atoms with E-state index in [1.165, 1.54) is 12.1 Å². The molecule has 1 aromatic rings. The molecule has 1 aliphatic rings. The van der Waals surface area contributed by atoms with Crippen molar-refractivity contribution in [2.45, 2.75) is 50.7 Å². The largest absolute Gasteiger partial charge is 0.417 e. The molecule has 0 spiro atoms. The number of β-amino-alcohol motifs (C(OH)–C–C–N with tert-alkyl or cyclic N) is 1. The molecule has 0 aromatic heterocycles. The fraction of sp³-hybridized carbons (Fsp3) is 0.667. The molecule has 0 amide bonds. The molecule has 2 N–H and O–H groups in total. The second-order valence-electron chi connectivity index (χ2n) is 7.06. The van der Waals surface area contributed by atoms with Crippen LogP contribution < -0.4 is 0 Å². The Hall–Kier alpha value is -0.860. The molecule has 8 heteroatoms. The Kier molecular flexibility index (Phi) is 6.96. The lowest BCUT2D eigenvalue weighted by Crippen LogP contribution is -2.46. The van der Waals surface area contributed by atoms with Crippen molar-refractivity contribution >= 4 is 11.6 Å². The molecule has 4 nitrogen and oxygen atoms in total. The lowest BCUT2D eigenvalue weighted by atomic mass is 9.83.